The molecule has 3 aromatic carbocycles. The van der Waals surface area contributed by atoms with Gasteiger partial charge in [-0.05, 0) is 55.5 Å². The fraction of sp³-hybridized carbons (Fsp3) is 0.120. The molecular formula is C25H22ClN3O3. The number of carbonyl (C=O) groups excluding carboxylic acids is 1. The number of ether oxygens (including phenoxy) is 2. The molecule has 1 aromatic heterocycles. The van der Waals surface area contributed by atoms with Gasteiger partial charge in [-0.15, -0.1) is 0 Å². The molecule has 0 atom stereocenters. The molecule has 0 saturated heterocycles. The van der Waals surface area contributed by atoms with Crippen LogP contribution < -0.4 is 14.8 Å². The number of amides is 1. The van der Waals surface area contributed by atoms with Crippen LogP contribution in [0.15, 0.2) is 78.9 Å². The molecule has 1 N–H and O–H groups in total. The molecular weight excluding hydrogens is 426 g/mol. The molecule has 162 valence electrons. The van der Waals surface area contributed by atoms with Gasteiger partial charge in [0.15, 0.2) is 0 Å². The van der Waals surface area contributed by atoms with Gasteiger partial charge in [0.25, 0.3) is 5.91 Å². The van der Waals surface area contributed by atoms with Crippen molar-refractivity contribution in [1.82, 2.24) is 9.78 Å². The molecule has 4 rings (SSSR count). The van der Waals surface area contributed by atoms with Crippen LogP contribution in [-0.4, -0.2) is 29.4 Å². The Morgan fingerprint density at radius 1 is 1.03 bits per heavy atom. The lowest BCUT2D eigenvalue weighted by molar-refractivity contribution is 0.102. The van der Waals surface area contributed by atoms with E-state index in [0.717, 1.165) is 17.0 Å². The lowest BCUT2D eigenvalue weighted by atomic mass is 10.1. The summed E-state index contributed by atoms with van der Waals surface area (Å²) in [6.45, 7) is 2.35. The SMILES string of the molecule is CCOc1ccccc1C(=O)Nc1cc(-c2ccc(Cl)cc2)nn1-c1ccc(OC)cc1. The van der Waals surface area contributed by atoms with Crippen LogP contribution in [0.1, 0.15) is 17.3 Å². The molecule has 1 amide bonds. The van der Waals surface area contributed by atoms with Crippen LogP contribution in [0.4, 0.5) is 5.82 Å². The summed E-state index contributed by atoms with van der Waals surface area (Å²) in [6.07, 6.45) is 0. The average molecular weight is 448 g/mol. The van der Waals surface area contributed by atoms with Gasteiger partial charge >= 0.3 is 0 Å². The topological polar surface area (TPSA) is 65.4 Å². The van der Waals surface area contributed by atoms with Crippen LogP contribution >= 0.6 is 11.6 Å². The van der Waals surface area contributed by atoms with Gasteiger partial charge < -0.3 is 14.8 Å². The minimum atomic E-state index is -0.286. The van der Waals surface area contributed by atoms with Gasteiger partial charge in [0.1, 0.15) is 17.3 Å². The number of aromatic nitrogens is 2. The number of benzene rings is 3. The zero-order valence-electron chi connectivity index (χ0n) is 17.7. The Bertz CT molecular complexity index is 1220. The maximum Gasteiger partial charge on any atom is 0.260 e. The van der Waals surface area contributed by atoms with Gasteiger partial charge in [0.05, 0.1) is 30.7 Å². The number of anilines is 1. The summed E-state index contributed by atoms with van der Waals surface area (Å²) in [5.74, 6) is 1.50. The number of rotatable bonds is 7. The van der Waals surface area contributed by atoms with Crippen molar-refractivity contribution >= 4 is 23.3 Å². The van der Waals surface area contributed by atoms with Crippen molar-refractivity contribution in [3.05, 3.63) is 89.4 Å². The van der Waals surface area contributed by atoms with Crippen LogP contribution in [0, 0.1) is 0 Å². The molecule has 0 aliphatic rings. The highest BCUT2D eigenvalue weighted by Crippen LogP contribution is 2.28. The number of halogens is 1. The number of carbonyl (C=O) groups is 1. The van der Waals surface area contributed by atoms with E-state index >= 15 is 0 Å². The Hall–Kier alpha value is -3.77. The van der Waals surface area contributed by atoms with Crippen molar-refractivity contribution in [3.63, 3.8) is 0 Å². The first-order valence-electron chi connectivity index (χ1n) is 10.1. The van der Waals surface area contributed by atoms with Gasteiger partial charge in [-0.2, -0.15) is 5.10 Å². The first-order valence-corrected chi connectivity index (χ1v) is 10.5. The number of nitrogens with zero attached hydrogens (tertiary/aromatic N) is 2. The monoisotopic (exact) mass is 447 g/mol. The molecule has 0 aliphatic heterocycles. The zero-order chi connectivity index (χ0) is 22.5. The van der Waals surface area contributed by atoms with E-state index in [9.17, 15) is 4.79 Å². The van der Waals surface area contributed by atoms with Gasteiger partial charge in [0, 0.05) is 16.7 Å². The Morgan fingerprint density at radius 3 is 2.44 bits per heavy atom. The highest BCUT2D eigenvalue weighted by atomic mass is 35.5. The summed E-state index contributed by atoms with van der Waals surface area (Å²) in [5, 5.41) is 8.35. The van der Waals surface area contributed by atoms with E-state index < -0.39 is 0 Å². The van der Waals surface area contributed by atoms with E-state index in [1.807, 2.05) is 55.5 Å². The smallest absolute Gasteiger partial charge is 0.260 e. The Morgan fingerprint density at radius 2 is 1.75 bits per heavy atom. The number of hydrogen-bond donors (Lipinski definition) is 1. The summed E-state index contributed by atoms with van der Waals surface area (Å²) in [4.78, 5) is 13.1. The first-order chi connectivity index (χ1) is 15.6. The minimum absolute atomic E-state index is 0.286. The molecule has 7 heteroatoms. The Kier molecular flexibility index (Phi) is 6.42. The van der Waals surface area contributed by atoms with E-state index in [1.54, 1.807) is 42.1 Å². The molecule has 32 heavy (non-hydrogen) atoms. The molecule has 4 aromatic rings. The van der Waals surface area contributed by atoms with Gasteiger partial charge in [0.2, 0.25) is 0 Å². The third-order valence-electron chi connectivity index (χ3n) is 4.84. The maximum atomic E-state index is 13.1. The first kappa shape index (κ1) is 21.5. The second-order valence-corrected chi connectivity index (χ2v) is 7.35. The average Bonchev–Trinajstić information content (AvgIpc) is 3.23. The minimum Gasteiger partial charge on any atom is -0.497 e. The predicted octanol–water partition coefficient (Wildman–Crippen LogP) is 5.85. The van der Waals surface area contributed by atoms with E-state index in [1.165, 1.54) is 0 Å². The quantitative estimate of drug-likeness (QED) is 0.386. The highest BCUT2D eigenvalue weighted by Gasteiger charge is 2.17. The normalized spacial score (nSPS) is 10.6. The van der Waals surface area contributed by atoms with Crippen LogP contribution in [0.2, 0.25) is 5.02 Å². The van der Waals surface area contributed by atoms with E-state index in [2.05, 4.69) is 5.32 Å². The summed E-state index contributed by atoms with van der Waals surface area (Å²) < 4.78 is 12.6. The van der Waals surface area contributed by atoms with E-state index in [4.69, 9.17) is 26.2 Å². The maximum absolute atomic E-state index is 13.1. The van der Waals surface area contributed by atoms with Crippen LogP contribution in [-0.2, 0) is 0 Å². The van der Waals surface area contributed by atoms with Crippen molar-refractivity contribution in [3.8, 4) is 28.4 Å². The van der Waals surface area contributed by atoms with E-state index in [-0.39, 0.29) is 5.91 Å². The van der Waals surface area contributed by atoms with Crippen molar-refractivity contribution in [2.24, 2.45) is 0 Å². The Balaban J connectivity index is 1.74. The lowest BCUT2D eigenvalue weighted by Crippen LogP contribution is -2.16. The number of nitrogens with one attached hydrogen (secondary N) is 1. The van der Waals surface area contributed by atoms with Crippen molar-refractivity contribution in [2.45, 2.75) is 6.92 Å². The highest BCUT2D eigenvalue weighted by molar-refractivity contribution is 6.30. The molecule has 0 spiro atoms. The van der Waals surface area contributed by atoms with Gasteiger partial charge in [-0.3, -0.25) is 4.79 Å². The third kappa shape index (κ3) is 4.60. The Labute approximate surface area is 191 Å². The molecule has 0 unspecified atom stereocenters. The van der Waals surface area contributed by atoms with Crippen LogP contribution in [0.25, 0.3) is 16.9 Å². The van der Waals surface area contributed by atoms with Crippen LogP contribution in [0.5, 0.6) is 11.5 Å². The number of methoxy groups -OCH3 is 1. The molecule has 6 nitrogen and oxygen atoms in total. The molecule has 0 radical (unpaired) electrons. The van der Waals surface area contributed by atoms with E-state index in [0.29, 0.717) is 34.5 Å². The summed E-state index contributed by atoms with van der Waals surface area (Å²) in [7, 11) is 1.61. The second-order valence-electron chi connectivity index (χ2n) is 6.91. The zero-order valence-corrected chi connectivity index (χ0v) is 18.5. The fourth-order valence-corrected chi connectivity index (χ4v) is 3.40. The summed E-state index contributed by atoms with van der Waals surface area (Å²) in [5.41, 5.74) is 2.81. The van der Waals surface area contributed by atoms with Gasteiger partial charge in [-0.1, -0.05) is 35.9 Å². The molecule has 0 fully saturated rings. The molecule has 0 aliphatic carbocycles. The largest absolute Gasteiger partial charge is 0.497 e. The molecule has 0 bridgehead atoms. The van der Waals surface area contributed by atoms with Crippen LogP contribution in [0.3, 0.4) is 0 Å². The predicted molar refractivity (Wildman–Crippen MR) is 126 cm³/mol. The second kappa shape index (κ2) is 9.58. The summed E-state index contributed by atoms with van der Waals surface area (Å²) in [6, 6.07) is 23.8. The number of hydrogen-bond acceptors (Lipinski definition) is 4. The number of para-hydroxylation sites is 1. The third-order valence-corrected chi connectivity index (χ3v) is 5.09. The van der Waals surface area contributed by atoms with Crippen molar-refractivity contribution in [1.29, 1.82) is 0 Å². The standard InChI is InChI=1S/C25H22ClN3O3/c1-3-32-23-7-5-4-6-21(23)25(30)27-24-16-22(17-8-10-18(26)11-9-17)28-29(24)19-12-14-20(31-2)15-13-19/h4-16H,3H2,1-2H3,(H,27,30). The lowest BCUT2D eigenvalue weighted by Gasteiger charge is -2.12. The van der Waals surface area contributed by atoms with Crippen molar-refractivity contribution < 1.29 is 14.3 Å². The fourth-order valence-electron chi connectivity index (χ4n) is 3.27. The molecule has 1 heterocycles. The van der Waals surface area contributed by atoms with Crippen molar-refractivity contribution in [2.75, 3.05) is 19.0 Å². The summed E-state index contributed by atoms with van der Waals surface area (Å²) >= 11 is 6.03. The van der Waals surface area contributed by atoms with Gasteiger partial charge in [-0.25, -0.2) is 4.68 Å². The molecule has 0 saturated carbocycles.